The second-order valence-corrected chi connectivity index (χ2v) is 5.99. The maximum Gasteiger partial charge on any atom is 0.258 e. The fourth-order valence-corrected chi connectivity index (χ4v) is 3.01. The molecule has 0 atom stereocenters. The van der Waals surface area contributed by atoms with Gasteiger partial charge < -0.3 is 19.5 Å². The zero-order valence-electron chi connectivity index (χ0n) is 14.0. The number of imidazole rings is 1. The first kappa shape index (κ1) is 15.6. The molecular formula is C18H19N5O2. The number of hydrogen-bond donors (Lipinski definition) is 1. The van der Waals surface area contributed by atoms with E-state index in [2.05, 4.69) is 20.2 Å². The zero-order valence-corrected chi connectivity index (χ0v) is 14.0. The number of carbonyl (C=O) groups excluding carboxylic acids is 1. The van der Waals surface area contributed by atoms with Gasteiger partial charge in [0.15, 0.2) is 5.65 Å². The molecule has 0 aliphatic carbocycles. The number of carbonyl (C=O) groups is 1. The summed E-state index contributed by atoms with van der Waals surface area (Å²) in [5, 5.41) is 2.97. The number of aromatic nitrogens is 3. The Hall–Kier alpha value is -2.93. The van der Waals surface area contributed by atoms with Crippen molar-refractivity contribution >= 4 is 28.4 Å². The summed E-state index contributed by atoms with van der Waals surface area (Å²) in [6.07, 6.45) is 3.29. The summed E-state index contributed by atoms with van der Waals surface area (Å²) in [5.41, 5.74) is 3.65. The first-order valence-electron chi connectivity index (χ1n) is 8.22. The quantitative estimate of drug-likeness (QED) is 0.792. The smallest absolute Gasteiger partial charge is 0.258 e. The zero-order chi connectivity index (χ0) is 17.2. The highest BCUT2D eigenvalue weighted by atomic mass is 16.5. The van der Waals surface area contributed by atoms with Crippen molar-refractivity contribution in [2.24, 2.45) is 7.05 Å². The molecule has 0 radical (unpaired) electrons. The Morgan fingerprint density at radius 2 is 2.04 bits per heavy atom. The molecule has 1 N–H and O–H groups in total. The van der Waals surface area contributed by atoms with E-state index in [1.807, 2.05) is 31.3 Å². The van der Waals surface area contributed by atoms with Crippen LogP contribution >= 0.6 is 0 Å². The van der Waals surface area contributed by atoms with Gasteiger partial charge in [0.2, 0.25) is 0 Å². The summed E-state index contributed by atoms with van der Waals surface area (Å²) >= 11 is 0. The van der Waals surface area contributed by atoms with E-state index >= 15 is 0 Å². The molecule has 1 aromatic carbocycles. The third-order valence-corrected chi connectivity index (χ3v) is 4.32. The maximum atomic E-state index is 12.7. The fourth-order valence-electron chi connectivity index (χ4n) is 3.01. The minimum absolute atomic E-state index is 0.190. The second kappa shape index (κ2) is 6.52. The van der Waals surface area contributed by atoms with Gasteiger partial charge in [-0.15, -0.1) is 0 Å². The van der Waals surface area contributed by atoms with Crippen LogP contribution in [-0.2, 0) is 11.8 Å². The molecule has 1 fully saturated rings. The van der Waals surface area contributed by atoms with E-state index in [9.17, 15) is 4.79 Å². The predicted molar refractivity (Wildman–Crippen MR) is 95.9 cm³/mol. The van der Waals surface area contributed by atoms with Crippen molar-refractivity contribution < 1.29 is 9.53 Å². The van der Waals surface area contributed by atoms with E-state index in [-0.39, 0.29) is 5.91 Å². The number of rotatable bonds is 3. The highest BCUT2D eigenvalue weighted by molar-refractivity contribution is 6.11. The van der Waals surface area contributed by atoms with Gasteiger partial charge in [0.1, 0.15) is 5.52 Å². The number of benzene rings is 1. The van der Waals surface area contributed by atoms with Crippen molar-refractivity contribution in [1.29, 1.82) is 0 Å². The van der Waals surface area contributed by atoms with Gasteiger partial charge in [-0.1, -0.05) is 6.07 Å². The van der Waals surface area contributed by atoms with Crippen molar-refractivity contribution in [3.8, 4) is 0 Å². The summed E-state index contributed by atoms with van der Waals surface area (Å²) in [6.45, 7) is 3.17. The van der Waals surface area contributed by atoms with Crippen molar-refractivity contribution in [2.45, 2.75) is 0 Å². The molecule has 0 spiro atoms. The first-order chi connectivity index (χ1) is 12.2. The van der Waals surface area contributed by atoms with Gasteiger partial charge in [-0.25, -0.2) is 9.97 Å². The second-order valence-electron chi connectivity index (χ2n) is 5.99. The van der Waals surface area contributed by atoms with Crippen molar-refractivity contribution in [3.05, 3.63) is 48.4 Å². The lowest BCUT2D eigenvalue weighted by Crippen LogP contribution is -2.36. The van der Waals surface area contributed by atoms with Gasteiger partial charge in [-0.3, -0.25) is 4.79 Å². The maximum absolute atomic E-state index is 12.7. The molecule has 7 heteroatoms. The lowest BCUT2D eigenvalue weighted by molar-refractivity contribution is 0.102. The van der Waals surface area contributed by atoms with Gasteiger partial charge in [0.25, 0.3) is 5.91 Å². The molecule has 3 aromatic rings. The number of nitrogens with zero attached hydrogens (tertiary/aromatic N) is 4. The highest BCUT2D eigenvalue weighted by Crippen LogP contribution is 2.22. The van der Waals surface area contributed by atoms with E-state index in [1.165, 1.54) is 0 Å². The lowest BCUT2D eigenvalue weighted by atomic mass is 10.2. The summed E-state index contributed by atoms with van der Waals surface area (Å²) in [7, 11) is 1.86. The molecule has 0 unspecified atom stereocenters. The predicted octanol–water partition coefficient (Wildman–Crippen LogP) is 2.06. The highest BCUT2D eigenvalue weighted by Gasteiger charge is 2.15. The normalized spacial score (nSPS) is 14.7. The Morgan fingerprint density at radius 1 is 1.20 bits per heavy atom. The van der Waals surface area contributed by atoms with E-state index in [1.54, 1.807) is 23.2 Å². The van der Waals surface area contributed by atoms with E-state index < -0.39 is 0 Å². The average Bonchev–Trinajstić information content (AvgIpc) is 3.04. The summed E-state index contributed by atoms with van der Waals surface area (Å²) in [6, 6.07) is 9.56. The molecule has 128 valence electrons. The minimum atomic E-state index is -0.190. The number of aryl methyl sites for hydroxylation is 1. The Morgan fingerprint density at radius 3 is 2.88 bits per heavy atom. The van der Waals surface area contributed by atoms with Crippen LogP contribution in [0.4, 0.5) is 11.4 Å². The molecule has 25 heavy (non-hydrogen) atoms. The Balaban J connectivity index is 1.58. The third-order valence-electron chi connectivity index (χ3n) is 4.32. The monoisotopic (exact) mass is 337 g/mol. The molecule has 0 bridgehead atoms. The van der Waals surface area contributed by atoms with Gasteiger partial charge in [-0.2, -0.15) is 0 Å². The van der Waals surface area contributed by atoms with Crippen LogP contribution in [0.2, 0.25) is 0 Å². The first-order valence-corrected chi connectivity index (χ1v) is 8.22. The fraction of sp³-hybridized carbons (Fsp3) is 0.278. The van der Waals surface area contributed by atoms with Crippen molar-refractivity contribution in [1.82, 2.24) is 14.5 Å². The Kier molecular flexibility index (Phi) is 4.07. The van der Waals surface area contributed by atoms with Gasteiger partial charge in [0.05, 0.1) is 25.1 Å². The molecule has 1 saturated heterocycles. The van der Waals surface area contributed by atoms with Crippen LogP contribution in [0.25, 0.3) is 11.2 Å². The molecule has 1 aliphatic rings. The number of anilines is 2. The number of morpholine rings is 1. The van der Waals surface area contributed by atoms with Crippen LogP contribution in [0.3, 0.4) is 0 Å². The van der Waals surface area contributed by atoms with Crippen LogP contribution in [0.15, 0.2) is 42.9 Å². The number of ether oxygens (including phenoxy) is 1. The molecule has 1 amide bonds. The summed E-state index contributed by atoms with van der Waals surface area (Å²) < 4.78 is 7.19. The Bertz CT molecular complexity index is 915. The molecule has 0 saturated carbocycles. The summed E-state index contributed by atoms with van der Waals surface area (Å²) in [4.78, 5) is 23.5. The van der Waals surface area contributed by atoms with Crippen molar-refractivity contribution in [2.75, 3.05) is 36.5 Å². The average molecular weight is 337 g/mol. The molecular weight excluding hydrogens is 318 g/mol. The van der Waals surface area contributed by atoms with Crippen LogP contribution in [0, 0.1) is 0 Å². The number of nitrogens with one attached hydrogen (secondary N) is 1. The number of fused-ring (bicyclic) bond motifs is 1. The minimum Gasteiger partial charge on any atom is -0.378 e. The van der Waals surface area contributed by atoms with E-state index in [4.69, 9.17) is 4.74 Å². The Labute approximate surface area is 145 Å². The standard InChI is InChI=1S/C18H19N5O2/c1-22-12-20-16-15(5-6-19-17(16)22)18(24)21-13-3-2-4-14(11-13)23-7-9-25-10-8-23/h2-6,11-12H,7-10H2,1H3,(H,21,24). The van der Waals surface area contributed by atoms with Crippen LogP contribution in [0.5, 0.6) is 0 Å². The molecule has 4 rings (SSSR count). The summed E-state index contributed by atoms with van der Waals surface area (Å²) in [5.74, 6) is -0.190. The van der Waals surface area contributed by atoms with Gasteiger partial charge >= 0.3 is 0 Å². The lowest BCUT2D eigenvalue weighted by Gasteiger charge is -2.29. The van der Waals surface area contributed by atoms with Gasteiger partial charge in [-0.05, 0) is 24.3 Å². The van der Waals surface area contributed by atoms with E-state index in [0.717, 1.165) is 37.7 Å². The molecule has 3 heterocycles. The molecule has 2 aromatic heterocycles. The topological polar surface area (TPSA) is 72.3 Å². The van der Waals surface area contributed by atoms with Crippen LogP contribution < -0.4 is 10.2 Å². The largest absolute Gasteiger partial charge is 0.378 e. The van der Waals surface area contributed by atoms with E-state index in [0.29, 0.717) is 16.7 Å². The number of amides is 1. The molecule has 7 nitrogen and oxygen atoms in total. The van der Waals surface area contributed by atoms with Crippen molar-refractivity contribution in [3.63, 3.8) is 0 Å². The molecule has 1 aliphatic heterocycles. The van der Waals surface area contributed by atoms with Crippen LogP contribution in [0.1, 0.15) is 10.4 Å². The third kappa shape index (κ3) is 3.06. The van der Waals surface area contributed by atoms with Crippen LogP contribution in [-0.4, -0.2) is 46.7 Å². The number of pyridine rings is 1. The number of hydrogen-bond acceptors (Lipinski definition) is 5. The SMILES string of the molecule is Cn1cnc2c(C(=O)Nc3cccc(N4CCOCC4)c3)ccnc21. The van der Waals surface area contributed by atoms with Gasteiger partial charge in [0, 0.05) is 37.7 Å².